The molecule has 0 aliphatic carbocycles. The molecule has 4 nitrogen and oxygen atoms in total. The minimum atomic E-state index is -1.19. The van der Waals surface area contributed by atoms with Gasteiger partial charge in [0.25, 0.3) is 11.7 Å². The molecule has 2 aliphatic heterocycles. The van der Waals surface area contributed by atoms with Gasteiger partial charge in [0.2, 0.25) is 0 Å². The summed E-state index contributed by atoms with van der Waals surface area (Å²) in [5, 5.41) is 0. The van der Waals surface area contributed by atoms with E-state index < -0.39 is 5.79 Å². The lowest BCUT2D eigenvalue weighted by Gasteiger charge is -2.32. The van der Waals surface area contributed by atoms with Crippen molar-refractivity contribution in [1.82, 2.24) is 0 Å². The fraction of sp³-hybridized carbons (Fsp3) is 0.632. The second-order valence-electron chi connectivity index (χ2n) is 6.56. The highest BCUT2D eigenvalue weighted by molar-refractivity contribution is 6.06. The zero-order valence-electron chi connectivity index (χ0n) is 14.3. The normalized spacial score (nSPS) is 19.4. The second-order valence-corrected chi connectivity index (χ2v) is 6.56. The Morgan fingerprint density at radius 1 is 1.13 bits per heavy atom. The third kappa shape index (κ3) is 3.02. The van der Waals surface area contributed by atoms with Gasteiger partial charge in [-0.05, 0) is 31.9 Å². The summed E-state index contributed by atoms with van der Waals surface area (Å²) in [6.45, 7) is 6.14. The van der Waals surface area contributed by atoms with E-state index in [1.54, 1.807) is 0 Å². The first kappa shape index (κ1) is 16.5. The summed E-state index contributed by atoms with van der Waals surface area (Å²) in [7, 11) is 0. The zero-order valence-corrected chi connectivity index (χ0v) is 14.3. The van der Waals surface area contributed by atoms with Crippen LogP contribution in [0.15, 0.2) is 18.2 Å². The highest BCUT2D eigenvalue weighted by atomic mass is 16.7. The molecular weight excluding hydrogens is 290 g/mol. The average molecular weight is 317 g/mol. The third-order valence-corrected chi connectivity index (χ3v) is 4.71. The third-order valence-electron chi connectivity index (χ3n) is 4.71. The van der Waals surface area contributed by atoms with Gasteiger partial charge in [-0.3, -0.25) is 4.79 Å². The first-order chi connectivity index (χ1) is 11.2. The molecule has 1 aromatic carbocycles. The summed E-state index contributed by atoms with van der Waals surface area (Å²) in [5.41, 5.74) is 2.97. The van der Waals surface area contributed by atoms with Gasteiger partial charge in [0.05, 0.1) is 18.9 Å². The van der Waals surface area contributed by atoms with Crippen LogP contribution in [-0.4, -0.2) is 25.7 Å². The van der Waals surface area contributed by atoms with E-state index in [2.05, 4.69) is 13.0 Å². The number of hydrogen-bond acceptors (Lipinski definition) is 3. The average Bonchev–Trinajstić information content (AvgIpc) is 2.78. The first-order valence-electron chi connectivity index (χ1n) is 8.90. The number of nitrogens with zero attached hydrogens (tertiary/aromatic N) is 1. The fourth-order valence-corrected chi connectivity index (χ4v) is 3.46. The maximum absolute atomic E-state index is 13.0. The SMILES string of the molecule is CCCCCCCN1C(=O)C2(OCCCO2)c2cc(C)ccc21. The number of rotatable bonds is 6. The molecular formula is C19H27NO3. The molecule has 0 aromatic heterocycles. The van der Waals surface area contributed by atoms with Crippen LogP contribution in [-0.2, 0) is 20.1 Å². The quantitative estimate of drug-likeness (QED) is 0.747. The molecule has 0 atom stereocenters. The van der Waals surface area contributed by atoms with Crippen molar-refractivity contribution >= 4 is 11.6 Å². The van der Waals surface area contributed by atoms with Crippen molar-refractivity contribution in [2.45, 2.75) is 58.2 Å². The van der Waals surface area contributed by atoms with Crippen molar-refractivity contribution in [2.24, 2.45) is 0 Å². The van der Waals surface area contributed by atoms with Crippen LogP contribution < -0.4 is 4.90 Å². The number of anilines is 1. The molecule has 1 saturated heterocycles. The number of amides is 1. The van der Waals surface area contributed by atoms with E-state index in [1.165, 1.54) is 19.3 Å². The van der Waals surface area contributed by atoms with Crippen molar-refractivity contribution < 1.29 is 14.3 Å². The maximum atomic E-state index is 13.0. The van der Waals surface area contributed by atoms with Crippen LogP contribution in [0.1, 0.15) is 56.6 Å². The molecule has 0 radical (unpaired) electrons. The molecule has 126 valence electrons. The lowest BCUT2D eigenvalue weighted by atomic mass is 10.0. The number of carbonyl (C=O) groups is 1. The van der Waals surface area contributed by atoms with Gasteiger partial charge in [-0.25, -0.2) is 0 Å². The predicted octanol–water partition coefficient (Wildman–Crippen LogP) is 3.90. The van der Waals surface area contributed by atoms with E-state index in [-0.39, 0.29) is 5.91 Å². The first-order valence-corrected chi connectivity index (χ1v) is 8.90. The molecule has 1 amide bonds. The Hall–Kier alpha value is -1.39. The van der Waals surface area contributed by atoms with E-state index in [4.69, 9.17) is 9.47 Å². The zero-order chi connectivity index (χ0) is 16.3. The largest absolute Gasteiger partial charge is 0.338 e. The maximum Gasteiger partial charge on any atom is 0.292 e. The van der Waals surface area contributed by atoms with E-state index in [1.807, 2.05) is 24.0 Å². The van der Waals surface area contributed by atoms with E-state index in [9.17, 15) is 4.79 Å². The lowest BCUT2D eigenvalue weighted by molar-refractivity contribution is -0.256. The van der Waals surface area contributed by atoms with Gasteiger partial charge >= 0.3 is 0 Å². The number of unbranched alkanes of at least 4 members (excludes halogenated alkanes) is 4. The van der Waals surface area contributed by atoms with Crippen LogP contribution >= 0.6 is 0 Å². The minimum absolute atomic E-state index is 0.0479. The Morgan fingerprint density at radius 3 is 2.61 bits per heavy atom. The minimum Gasteiger partial charge on any atom is -0.338 e. The molecule has 23 heavy (non-hydrogen) atoms. The predicted molar refractivity (Wildman–Crippen MR) is 90.5 cm³/mol. The highest BCUT2D eigenvalue weighted by Gasteiger charge is 2.54. The van der Waals surface area contributed by atoms with Crippen LogP contribution in [0.4, 0.5) is 5.69 Å². The smallest absolute Gasteiger partial charge is 0.292 e. The summed E-state index contributed by atoms with van der Waals surface area (Å²) in [4.78, 5) is 14.9. The molecule has 3 rings (SSSR count). The van der Waals surface area contributed by atoms with Crippen molar-refractivity contribution in [3.63, 3.8) is 0 Å². The second kappa shape index (κ2) is 7.02. The molecule has 1 fully saturated rings. The molecule has 0 bridgehead atoms. The molecule has 4 heteroatoms. The van der Waals surface area contributed by atoms with Crippen LogP contribution in [0, 0.1) is 6.92 Å². The number of ether oxygens (including phenoxy) is 2. The summed E-state index contributed by atoms with van der Waals surface area (Å²) >= 11 is 0. The molecule has 2 aliphatic rings. The monoisotopic (exact) mass is 317 g/mol. The molecule has 1 spiro atoms. The summed E-state index contributed by atoms with van der Waals surface area (Å²) < 4.78 is 11.8. The number of carbonyl (C=O) groups excluding carboxylic acids is 1. The van der Waals surface area contributed by atoms with Gasteiger partial charge in [-0.1, -0.05) is 44.2 Å². The van der Waals surface area contributed by atoms with Gasteiger partial charge in [-0.2, -0.15) is 0 Å². The van der Waals surface area contributed by atoms with E-state index in [0.29, 0.717) is 13.2 Å². The van der Waals surface area contributed by atoms with Gasteiger partial charge in [-0.15, -0.1) is 0 Å². The fourth-order valence-electron chi connectivity index (χ4n) is 3.46. The van der Waals surface area contributed by atoms with Gasteiger partial charge in [0.15, 0.2) is 0 Å². The van der Waals surface area contributed by atoms with Crippen LogP contribution in [0.2, 0.25) is 0 Å². The van der Waals surface area contributed by atoms with Crippen LogP contribution in [0.25, 0.3) is 0 Å². The molecule has 1 aromatic rings. The Labute approximate surface area is 138 Å². The molecule has 0 N–H and O–H groups in total. The van der Waals surface area contributed by atoms with E-state index >= 15 is 0 Å². The summed E-state index contributed by atoms with van der Waals surface area (Å²) in [5.74, 6) is -1.24. The summed E-state index contributed by atoms with van der Waals surface area (Å²) in [6.07, 6.45) is 6.75. The van der Waals surface area contributed by atoms with Crippen molar-refractivity contribution in [1.29, 1.82) is 0 Å². The van der Waals surface area contributed by atoms with E-state index in [0.717, 1.165) is 42.6 Å². The van der Waals surface area contributed by atoms with Gasteiger partial charge in [0, 0.05) is 12.1 Å². The number of aryl methyl sites for hydroxylation is 1. The standard InChI is InChI=1S/C19H27NO3/c1-3-4-5-6-7-11-20-17-10-9-15(2)14-16(17)19(18(20)21)22-12-8-13-23-19/h9-10,14H,3-8,11-13H2,1-2H3. The Morgan fingerprint density at radius 2 is 1.87 bits per heavy atom. The highest BCUT2D eigenvalue weighted by Crippen LogP contribution is 2.45. The Balaban J connectivity index is 1.80. The number of hydrogen-bond donors (Lipinski definition) is 0. The lowest BCUT2D eigenvalue weighted by Crippen LogP contribution is -2.47. The van der Waals surface area contributed by atoms with Crippen molar-refractivity contribution in [3.05, 3.63) is 29.3 Å². The molecule has 0 saturated carbocycles. The van der Waals surface area contributed by atoms with Crippen LogP contribution in [0.5, 0.6) is 0 Å². The van der Waals surface area contributed by atoms with Crippen molar-refractivity contribution in [3.8, 4) is 0 Å². The van der Waals surface area contributed by atoms with Gasteiger partial charge in [0.1, 0.15) is 0 Å². The number of fused-ring (bicyclic) bond motifs is 2. The topological polar surface area (TPSA) is 38.8 Å². The van der Waals surface area contributed by atoms with Crippen molar-refractivity contribution in [2.75, 3.05) is 24.7 Å². The Bertz CT molecular complexity index is 564. The summed E-state index contributed by atoms with van der Waals surface area (Å²) in [6, 6.07) is 6.12. The molecule has 2 heterocycles. The Kier molecular flexibility index (Phi) is 5.02. The molecule has 0 unspecified atom stereocenters. The number of benzene rings is 1. The van der Waals surface area contributed by atoms with Gasteiger partial charge < -0.3 is 14.4 Å². The van der Waals surface area contributed by atoms with Crippen LogP contribution in [0.3, 0.4) is 0 Å².